The number of amides is 1. The lowest BCUT2D eigenvalue weighted by Crippen LogP contribution is -2.27. The highest BCUT2D eigenvalue weighted by atomic mass is 16.7. The maximum Gasteiger partial charge on any atom is 0.231 e. The molecule has 0 unspecified atom stereocenters. The van der Waals surface area contributed by atoms with Crippen molar-refractivity contribution in [3.05, 3.63) is 58.1 Å². The minimum absolute atomic E-state index is 0.00329. The van der Waals surface area contributed by atoms with E-state index in [9.17, 15) is 4.79 Å². The third-order valence-corrected chi connectivity index (χ3v) is 4.80. The summed E-state index contributed by atoms with van der Waals surface area (Å²) in [4.78, 5) is 12.3. The van der Waals surface area contributed by atoms with Gasteiger partial charge < -0.3 is 14.8 Å². The first-order valence-corrected chi connectivity index (χ1v) is 8.69. The smallest absolute Gasteiger partial charge is 0.231 e. The van der Waals surface area contributed by atoms with E-state index in [1.807, 2.05) is 25.1 Å². The van der Waals surface area contributed by atoms with Crippen LogP contribution in [0.5, 0.6) is 11.5 Å². The summed E-state index contributed by atoms with van der Waals surface area (Å²) in [6.45, 7) is 8.62. The van der Waals surface area contributed by atoms with Crippen LogP contribution in [-0.4, -0.2) is 12.7 Å². The Morgan fingerprint density at radius 2 is 1.76 bits per heavy atom. The maximum atomic E-state index is 12.3. The van der Waals surface area contributed by atoms with Crippen molar-refractivity contribution < 1.29 is 14.3 Å². The van der Waals surface area contributed by atoms with Crippen molar-refractivity contribution in [2.45, 2.75) is 46.6 Å². The zero-order chi connectivity index (χ0) is 18.0. The van der Waals surface area contributed by atoms with Gasteiger partial charge in [-0.3, -0.25) is 4.79 Å². The van der Waals surface area contributed by atoms with Crippen LogP contribution >= 0.6 is 0 Å². The molecular weight excluding hydrogens is 314 g/mol. The molecule has 1 aliphatic heterocycles. The second kappa shape index (κ2) is 7.18. The van der Waals surface area contributed by atoms with E-state index in [1.54, 1.807) is 0 Å². The van der Waals surface area contributed by atoms with Gasteiger partial charge in [-0.15, -0.1) is 0 Å². The molecule has 0 fully saturated rings. The minimum Gasteiger partial charge on any atom is -0.454 e. The van der Waals surface area contributed by atoms with Gasteiger partial charge in [-0.05, 0) is 74.1 Å². The molecule has 0 spiro atoms. The van der Waals surface area contributed by atoms with Crippen molar-refractivity contribution in [3.63, 3.8) is 0 Å². The molecule has 0 saturated carbocycles. The summed E-state index contributed by atoms with van der Waals surface area (Å²) < 4.78 is 10.7. The molecule has 1 aliphatic rings. The predicted octanol–water partition coefficient (Wildman–Crippen LogP) is 4.15. The van der Waals surface area contributed by atoms with Crippen molar-refractivity contribution >= 4 is 5.91 Å². The van der Waals surface area contributed by atoms with Gasteiger partial charge in [0.15, 0.2) is 11.5 Å². The molecule has 132 valence electrons. The molecule has 2 aromatic rings. The Hall–Kier alpha value is -2.49. The van der Waals surface area contributed by atoms with Crippen LogP contribution in [0.3, 0.4) is 0 Å². The molecule has 4 nitrogen and oxygen atoms in total. The molecule has 1 atom stereocenters. The third-order valence-electron chi connectivity index (χ3n) is 4.80. The summed E-state index contributed by atoms with van der Waals surface area (Å²) >= 11 is 0. The van der Waals surface area contributed by atoms with Crippen molar-refractivity contribution in [2.75, 3.05) is 6.79 Å². The zero-order valence-corrected chi connectivity index (χ0v) is 15.3. The molecule has 1 heterocycles. The van der Waals surface area contributed by atoms with Gasteiger partial charge in [0.25, 0.3) is 0 Å². The van der Waals surface area contributed by atoms with Crippen LogP contribution < -0.4 is 14.8 Å². The molecule has 0 saturated heterocycles. The number of carbonyl (C=O) groups is 1. The first-order chi connectivity index (χ1) is 11.9. The largest absolute Gasteiger partial charge is 0.454 e. The molecule has 0 radical (unpaired) electrons. The summed E-state index contributed by atoms with van der Waals surface area (Å²) in [5, 5.41) is 3.11. The Morgan fingerprint density at radius 3 is 2.56 bits per heavy atom. The van der Waals surface area contributed by atoms with Crippen molar-refractivity contribution in [1.82, 2.24) is 5.32 Å². The molecule has 0 aromatic heterocycles. The molecule has 3 rings (SSSR count). The van der Waals surface area contributed by atoms with Crippen molar-refractivity contribution in [2.24, 2.45) is 0 Å². The average Bonchev–Trinajstić information content (AvgIpc) is 3.03. The van der Waals surface area contributed by atoms with Crippen LogP contribution in [0, 0.1) is 20.8 Å². The highest BCUT2D eigenvalue weighted by molar-refractivity contribution is 5.76. The highest BCUT2D eigenvalue weighted by Crippen LogP contribution is 2.32. The fourth-order valence-corrected chi connectivity index (χ4v) is 3.20. The molecule has 0 aliphatic carbocycles. The van der Waals surface area contributed by atoms with Gasteiger partial charge in [-0.1, -0.05) is 18.2 Å². The van der Waals surface area contributed by atoms with E-state index >= 15 is 0 Å². The summed E-state index contributed by atoms with van der Waals surface area (Å²) in [7, 11) is 0. The van der Waals surface area contributed by atoms with Crippen LogP contribution in [0.2, 0.25) is 0 Å². The quantitative estimate of drug-likeness (QED) is 0.890. The average molecular weight is 339 g/mol. The molecule has 25 heavy (non-hydrogen) atoms. The first kappa shape index (κ1) is 17.3. The van der Waals surface area contributed by atoms with Crippen LogP contribution in [0.4, 0.5) is 0 Å². The number of ether oxygens (including phenoxy) is 2. The van der Waals surface area contributed by atoms with E-state index in [4.69, 9.17) is 9.47 Å². The lowest BCUT2D eigenvalue weighted by atomic mass is 9.96. The van der Waals surface area contributed by atoms with Gasteiger partial charge in [-0.2, -0.15) is 0 Å². The number of hydrogen-bond donors (Lipinski definition) is 1. The summed E-state index contributed by atoms with van der Waals surface area (Å²) in [5.74, 6) is 1.59. The lowest BCUT2D eigenvalue weighted by molar-refractivity contribution is -0.121. The van der Waals surface area contributed by atoms with E-state index < -0.39 is 0 Å². The van der Waals surface area contributed by atoms with E-state index in [0.717, 1.165) is 17.1 Å². The molecule has 0 bridgehead atoms. The van der Waals surface area contributed by atoms with Gasteiger partial charge in [-0.25, -0.2) is 0 Å². The van der Waals surface area contributed by atoms with Crippen LogP contribution in [0.25, 0.3) is 0 Å². The third kappa shape index (κ3) is 3.95. The van der Waals surface area contributed by atoms with Crippen LogP contribution in [-0.2, 0) is 11.2 Å². The molecule has 1 N–H and O–H groups in total. The van der Waals surface area contributed by atoms with Crippen molar-refractivity contribution in [1.29, 1.82) is 0 Å². The topological polar surface area (TPSA) is 47.6 Å². The Bertz CT molecular complexity index is 798. The minimum atomic E-state index is 0.00329. The summed E-state index contributed by atoms with van der Waals surface area (Å²) in [6.07, 6.45) is 1.13. The Balaban J connectivity index is 1.58. The van der Waals surface area contributed by atoms with Gasteiger partial charge in [0.2, 0.25) is 12.7 Å². The monoisotopic (exact) mass is 339 g/mol. The maximum absolute atomic E-state index is 12.3. The Morgan fingerprint density at radius 1 is 1.04 bits per heavy atom. The summed E-state index contributed by atoms with van der Waals surface area (Å²) in [6, 6.07) is 10.2. The van der Waals surface area contributed by atoms with Crippen molar-refractivity contribution in [3.8, 4) is 11.5 Å². The number of fused-ring (bicyclic) bond motifs is 1. The number of carbonyl (C=O) groups excluding carboxylic acids is 1. The molecular formula is C21H25NO3. The standard InChI is InChI=1S/C21H25NO3/c1-13-9-15(3)18(10-14(13)2)16(4)22-21(23)8-6-17-5-7-19-20(11-17)25-12-24-19/h5,7,9-11,16H,6,8,12H2,1-4H3,(H,22,23)/t16-/m0/s1. The normalized spacial score (nSPS) is 13.6. The lowest BCUT2D eigenvalue weighted by Gasteiger charge is -2.18. The fraction of sp³-hybridized carbons (Fsp3) is 0.381. The second-order valence-corrected chi connectivity index (χ2v) is 6.77. The number of hydrogen-bond acceptors (Lipinski definition) is 3. The molecule has 4 heteroatoms. The highest BCUT2D eigenvalue weighted by Gasteiger charge is 2.15. The predicted molar refractivity (Wildman–Crippen MR) is 98.1 cm³/mol. The van der Waals surface area contributed by atoms with E-state index in [-0.39, 0.29) is 18.7 Å². The van der Waals surface area contributed by atoms with Gasteiger partial charge >= 0.3 is 0 Å². The van der Waals surface area contributed by atoms with Gasteiger partial charge in [0, 0.05) is 6.42 Å². The number of rotatable bonds is 5. The Labute approximate surface area is 149 Å². The number of aryl methyl sites for hydroxylation is 4. The van der Waals surface area contributed by atoms with Crippen LogP contribution in [0.15, 0.2) is 30.3 Å². The number of nitrogens with one attached hydrogen (secondary N) is 1. The van der Waals surface area contributed by atoms with Crippen LogP contribution in [0.1, 0.15) is 47.2 Å². The molecule has 1 amide bonds. The van der Waals surface area contributed by atoms with Gasteiger partial charge in [0.05, 0.1) is 6.04 Å². The fourth-order valence-electron chi connectivity index (χ4n) is 3.20. The van der Waals surface area contributed by atoms with E-state index in [0.29, 0.717) is 12.8 Å². The Kier molecular flexibility index (Phi) is 4.98. The zero-order valence-electron chi connectivity index (χ0n) is 15.3. The molecule has 2 aromatic carbocycles. The first-order valence-electron chi connectivity index (χ1n) is 8.69. The van der Waals surface area contributed by atoms with E-state index in [1.165, 1.54) is 22.3 Å². The SMILES string of the molecule is Cc1cc(C)c([C@H](C)NC(=O)CCc2ccc3c(c2)OCO3)cc1C. The van der Waals surface area contributed by atoms with Gasteiger partial charge in [0.1, 0.15) is 0 Å². The summed E-state index contributed by atoms with van der Waals surface area (Å²) in [5.41, 5.74) is 6.00. The second-order valence-electron chi connectivity index (χ2n) is 6.77. The number of benzene rings is 2. The van der Waals surface area contributed by atoms with E-state index in [2.05, 4.69) is 38.2 Å².